The van der Waals surface area contributed by atoms with Crippen LogP contribution in [0.5, 0.6) is 0 Å². The summed E-state index contributed by atoms with van der Waals surface area (Å²) in [4.78, 5) is 0. The summed E-state index contributed by atoms with van der Waals surface area (Å²) < 4.78 is 27.7. The van der Waals surface area contributed by atoms with Gasteiger partial charge in [0.25, 0.3) is 0 Å². The maximum Gasteiger partial charge on any atom is 0.162 e. The second kappa shape index (κ2) is 6.37. The van der Waals surface area contributed by atoms with Crippen molar-refractivity contribution < 1.29 is 8.78 Å². The van der Waals surface area contributed by atoms with E-state index in [2.05, 4.69) is 22.6 Å². The lowest BCUT2D eigenvalue weighted by Gasteiger charge is -2.13. The maximum atomic E-state index is 13.6. The summed E-state index contributed by atoms with van der Waals surface area (Å²) in [5.41, 5.74) is 1.08. The molecule has 0 saturated carbocycles. The molecule has 2 rings (SSSR count). The first-order chi connectivity index (χ1) is 8.99. The Kier molecular flexibility index (Phi) is 5.03. The molecule has 100 valence electrons. The minimum Gasteiger partial charge on any atom is -0.204 e. The molecule has 1 unspecified atom stereocenters. The Hall–Kier alpha value is -0.390. The van der Waals surface area contributed by atoms with Crippen molar-refractivity contribution in [2.45, 2.75) is 11.8 Å². The standard InChI is InChI=1S/C14H9Cl2F2I/c15-9-4-5-13(19)10(7-9)11(16)6-8-2-1-3-12(17)14(8)18/h1-5,7,11H,6H2. The predicted molar refractivity (Wildman–Crippen MR) is 82.8 cm³/mol. The van der Waals surface area contributed by atoms with Crippen LogP contribution >= 0.6 is 45.8 Å². The molecule has 0 aliphatic heterocycles. The van der Waals surface area contributed by atoms with Crippen LogP contribution in [0.2, 0.25) is 5.02 Å². The largest absolute Gasteiger partial charge is 0.204 e. The summed E-state index contributed by atoms with van der Waals surface area (Å²) >= 11 is 14.4. The van der Waals surface area contributed by atoms with Gasteiger partial charge in [0.15, 0.2) is 11.6 Å². The second-order valence-electron chi connectivity index (χ2n) is 4.05. The molecule has 19 heavy (non-hydrogen) atoms. The quantitative estimate of drug-likeness (QED) is 0.445. The predicted octanol–water partition coefficient (Wildman–Crippen LogP) is 5.75. The Morgan fingerprint density at radius 3 is 2.63 bits per heavy atom. The van der Waals surface area contributed by atoms with Crippen LogP contribution < -0.4 is 0 Å². The van der Waals surface area contributed by atoms with Gasteiger partial charge in [-0.2, -0.15) is 0 Å². The molecule has 2 aromatic carbocycles. The third-order valence-electron chi connectivity index (χ3n) is 2.73. The number of halogens is 5. The first-order valence-electron chi connectivity index (χ1n) is 5.51. The summed E-state index contributed by atoms with van der Waals surface area (Å²) in [6.45, 7) is 0. The smallest absolute Gasteiger partial charge is 0.162 e. The van der Waals surface area contributed by atoms with E-state index in [-0.39, 0.29) is 12.0 Å². The van der Waals surface area contributed by atoms with E-state index in [0.29, 0.717) is 5.02 Å². The Morgan fingerprint density at radius 1 is 1.16 bits per heavy atom. The molecule has 5 heteroatoms. The van der Waals surface area contributed by atoms with Gasteiger partial charge in [-0.15, -0.1) is 11.6 Å². The lowest BCUT2D eigenvalue weighted by Crippen LogP contribution is -2.02. The second-order valence-corrected chi connectivity index (χ2v) is 6.18. The topological polar surface area (TPSA) is 0 Å². The van der Waals surface area contributed by atoms with Gasteiger partial charge < -0.3 is 0 Å². The first-order valence-corrected chi connectivity index (χ1v) is 7.40. The molecule has 0 N–H and O–H groups in total. The van der Waals surface area contributed by atoms with E-state index in [1.807, 2.05) is 6.07 Å². The van der Waals surface area contributed by atoms with Crippen LogP contribution in [-0.2, 0) is 6.42 Å². The molecule has 0 nitrogen and oxygen atoms in total. The molecule has 0 saturated heterocycles. The fraction of sp³-hybridized carbons (Fsp3) is 0.143. The third kappa shape index (κ3) is 3.58. The van der Waals surface area contributed by atoms with Crippen molar-refractivity contribution in [1.29, 1.82) is 0 Å². The van der Waals surface area contributed by atoms with E-state index in [0.717, 1.165) is 15.2 Å². The molecule has 0 bridgehead atoms. The minimum absolute atomic E-state index is 0.210. The van der Waals surface area contributed by atoms with Crippen LogP contribution in [0.4, 0.5) is 8.78 Å². The molecule has 0 amide bonds. The number of hydrogen-bond donors (Lipinski definition) is 0. The van der Waals surface area contributed by atoms with E-state index in [1.54, 1.807) is 12.1 Å². The highest BCUT2D eigenvalue weighted by Gasteiger charge is 2.16. The lowest BCUT2D eigenvalue weighted by molar-refractivity contribution is 0.498. The van der Waals surface area contributed by atoms with E-state index >= 15 is 0 Å². The van der Waals surface area contributed by atoms with Gasteiger partial charge in [-0.3, -0.25) is 0 Å². The minimum atomic E-state index is -0.859. The van der Waals surface area contributed by atoms with Crippen LogP contribution in [-0.4, -0.2) is 0 Å². The van der Waals surface area contributed by atoms with Gasteiger partial charge in [-0.05, 0) is 64.4 Å². The summed E-state index contributed by atoms with van der Waals surface area (Å²) in [6.07, 6.45) is 0.210. The molecule has 1 atom stereocenters. The Morgan fingerprint density at radius 2 is 1.89 bits per heavy atom. The van der Waals surface area contributed by atoms with Crippen molar-refractivity contribution in [2.75, 3.05) is 0 Å². The SMILES string of the molecule is Fc1cccc(CC(Cl)c2cc(Cl)ccc2I)c1F. The van der Waals surface area contributed by atoms with Crippen LogP contribution in [0.3, 0.4) is 0 Å². The van der Waals surface area contributed by atoms with Crippen molar-refractivity contribution in [1.82, 2.24) is 0 Å². The molecule has 0 fully saturated rings. The Bertz CT molecular complexity index is 602. The average molecular weight is 413 g/mol. The molecule has 0 radical (unpaired) electrons. The zero-order valence-corrected chi connectivity index (χ0v) is 13.3. The van der Waals surface area contributed by atoms with Gasteiger partial charge in [-0.1, -0.05) is 23.7 Å². The molecule has 0 aliphatic rings. The lowest BCUT2D eigenvalue weighted by atomic mass is 10.0. The van der Waals surface area contributed by atoms with Gasteiger partial charge >= 0.3 is 0 Å². The molecule has 0 heterocycles. The Balaban J connectivity index is 2.28. The van der Waals surface area contributed by atoms with E-state index < -0.39 is 17.0 Å². The highest BCUT2D eigenvalue weighted by atomic mass is 127. The van der Waals surface area contributed by atoms with E-state index in [1.165, 1.54) is 12.1 Å². The zero-order chi connectivity index (χ0) is 14.0. The van der Waals surface area contributed by atoms with Crippen molar-refractivity contribution in [3.63, 3.8) is 0 Å². The van der Waals surface area contributed by atoms with Gasteiger partial charge in [0.1, 0.15) is 0 Å². The average Bonchev–Trinajstić information content (AvgIpc) is 2.38. The monoisotopic (exact) mass is 412 g/mol. The van der Waals surface area contributed by atoms with Gasteiger partial charge in [0, 0.05) is 8.59 Å². The number of rotatable bonds is 3. The molecule has 0 spiro atoms. The van der Waals surface area contributed by atoms with Crippen LogP contribution in [0.15, 0.2) is 36.4 Å². The summed E-state index contributed by atoms with van der Waals surface area (Å²) in [5.74, 6) is -1.70. The fourth-order valence-electron chi connectivity index (χ4n) is 1.76. The van der Waals surface area contributed by atoms with Crippen molar-refractivity contribution in [2.24, 2.45) is 0 Å². The highest BCUT2D eigenvalue weighted by Crippen LogP contribution is 2.31. The summed E-state index contributed by atoms with van der Waals surface area (Å²) in [5, 5.41) is 0.114. The number of alkyl halides is 1. The van der Waals surface area contributed by atoms with Crippen molar-refractivity contribution in [3.8, 4) is 0 Å². The van der Waals surface area contributed by atoms with Crippen LogP contribution in [0.25, 0.3) is 0 Å². The molecule has 0 aromatic heterocycles. The molecular weight excluding hydrogens is 404 g/mol. The fourth-order valence-corrected chi connectivity index (χ4v) is 3.19. The van der Waals surface area contributed by atoms with E-state index in [9.17, 15) is 8.78 Å². The van der Waals surface area contributed by atoms with Crippen LogP contribution in [0.1, 0.15) is 16.5 Å². The Labute approximate surface area is 133 Å². The van der Waals surface area contributed by atoms with Gasteiger partial charge in [0.05, 0.1) is 5.38 Å². The van der Waals surface area contributed by atoms with Gasteiger partial charge in [0.2, 0.25) is 0 Å². The number of benzene rings is 2. The molecule has 2 aromatic rings. The van der Waals surface area contributed by atoms with E-state index in [4.69, 9.17) is 23.2 Å². The summed E-state index contributed by atoms with van der Waals surface area (Å²) in [7, 11) is 0. The summed E-state index contributed by atoms with van der Waals surface area (Å²) in [6, 6.07) is 9.45. The van der Waals surface area contributed by atoms with Crippen molar-refractivity contribution >= 4 is 45.8 Å². The first kappa shape index (κ1) is 15.0. The highest BCUT2D eigenvalue weighted by molar-refractivity contribution is 14.1. The van der Waals surface area contributed by atoms with Gasteiger partial charge in [-0.25, -0.2) is 8.78 Å². The molecule has 0 aliphatic carbocycles. The zero-order valence-electron chi connectivity index (χ0n) is 9.64. The third-order valence-corrected chi connectivity index (χ3v) is 4.33. The number of hydrogen-bond acceptors (Lipinski definition) is 0. The molecular formula is C14H9Cl2F2I. The van der Waals surface area contributed by atoms with Crippen LogP contribution in [0, 0.1) is 15.2 Å². The van der Waals surface area contributed by atoms with Crippen molar-refractivity contribution in [3.05, 3.63) is 67.8 Å². The normalized spacial score (nSPS) is 12.5. The maximum absolute atomic E-state index is 13.6.